The van der Waals surface area contributed by atoms with Gasteiger partial charge < -0.3 is 9.47 Å². The quantitative estimate of drug-likeness (QED) is 0.742. The number of aromatic nitrogens is 1. The summed E-state index contributed by atoms with van der Waals surface area (Å²) in [5.41, 5.74) is 2.08. The fraction of sp³-hybridized carbons (Fsp3) is 0.522. The second-order valence-electron chi connectivity index (χ2n) is 8.46. The topological polar surface area (TPSA) is 34.6 Å². The Morgan fingerprint density at radius 1 is 1.21 bits per heavy atom. The predicted molar refractivity (Wildman–Crippen MR) is 111 cm³/mol. The van der Waals surface area contributed by atoms with E-state index in [-0.39, 0.29) is 11.7 Å². The summed E-state index contributed by atoms with van der Waals surface area (Å²) in [6.45, 7) is 8.57. The van der Waals surface area contributed by atoms with Crippen LogP contribution < -0.4 is 0 Å². The van der Waals surface area contributed by atoms with Gasteiger partial charge in [-0.15, -0.1) is 0 Å². The number of benzene rings is 1. The molecule has 0 unspecified atom stereocenters. The van der Waals surface area contributed by atoms with Crippen LogP contribution in [0.15, 0.2) is 48.7 Å². The Kier molecular flexibility index (Phi) is 6.02. The van der Waals surface area contributed by atoms with Crippen molar-refractivity contribution in [3.63, 3.8) is 0 Å². The van der Waals surface area contributed by atoms with Gasteiger partial charge in [0.05, 0.1) is 30.0 Å². The van der Waals surface area contributed by atoms with Crippen molar-refractivity contribution in [1.82, 2.24) is 9.88 Å². The average molecular weight is 401 g/mol. The molecule has 1 aromatic carbocycles. The Hall–Kier alpha value is -1.46. The van der Waals surface area contributed by atoms with Crippen molar-refractivity contribution >= 4 is 11.6 Å². The number of nitrogens with zero attached hydrogens (tertiary/aromatic N) is 2. The first-order valence-corrected chi connectivity index (χ1v) is 10.6. The molecular formula is C23H29ClN2O2. The lowest BCUT2D eigenvalue weighted by Gasteiger charge is -2.50. The third-order valence-corrected chi connectivity index (χ3v) is 6.23. The van der Waals surface area contributed by atoms with Crippen molar-refractivity contribution in [2.24, 2.45) is 11.8 Å². The Labute approximate surface area is 172 Å². The minimum absolute atomic E-state index is 0.142. The van der Waals surface area contributed by atoms with Crippen molar-refractivity contribution < 1.29 is 9.47 Å². The van der Waals surface area contributed by atoms with Crippen LogP contribution in [-0.4, -0.2) is 41.8 Å². The van der Waals surface area contributed by atoms with Gasteiger partial charge in [0.2, 0.25) is 0 Å². The van der Waals surface area contributed by atoms with Crippen molar-refractivity contribution in [2.45, 2.75) is 38.5 Å². The predicted octanol–water partition coefficient (Wildman–Crippen LogP) is 4.74. The van der Waals surface area contributed by atoms with E-state index in [1.54, 1.807) is 6.20 Å². The fourth-order valence-corrected chi connectivity index (χ4v) is 4.64. The summed E-state index contributed by atoms with van der Waals surface area (Å²) in [7, 11) is 0. The van der Waals surface area contributed by atoms with E-state index in [0.717, 1.165) is 38.4 Å². The minimum atomic E-state index is -0.231. The van der Waals surface area contributed by atoms with Crippen LogP contribution in [0, 0.1) is 11.8 Å². The zero-order valence-corrected chi connectivity index (χ0v) is 17.4. The maximum atomic E-state index is 6.46. The highest BCUT2D eigenvalue weighted by Gasteiger charge is 2.46. The molecule has 4 rings (SSSR count). The summed E-state index contributed by atoms with van der Waals surface area (Å²) >= 11 is 5.97. The van der Waals surface area contributed by atoms with Gasteiger partial charge in [0, 0.05) is 25.8 Å². The number of ether oxygens (including phenoxy) is 2. The van der Waals surface area contributed by atoms with Gasteiger partial charge in [-0.2, -0.15) is 0 Å². The Bertz CT molecular complexity index is 768. The van der Waals surface area contributed by atoms with Crippen LogP contribution in [-0.2, 0) is 16.0 Å². The fourth-order valence-electron chi connectivity index (χ4n) is 4.53. The molecule has 0 amide bonds. The van der Waals surface area contributed by atoms with E-state index in [4.69, 9.17) is 21.1 Å². The molecular weight excluding hydrogens is 372 g/mol. The van der Waals surface area contributed by atoms with Gasteiger partial charge in [0.25, 0.3) is 0 Å². The Balaban J connectivity index is 1.47. The molecule has 5 heteroatoms. The molecule has 4 nitrogen and oxygen atoms in total. The number of pyridine rings is 1. The summed E-state index contributed by atoms with van der Waals surface area (Å²) in [5, 5.41) is 0.676. The van der Waals surface area contributed by atoms with E-state index in [1.165, 1.54) is 5.56 Å². The molecule has 1 spiro atoms. The van der Waals surface area contributed by atoms with Crippen LogP contribution in [0.25, 0.3) is 0 Å². The smallest absolute Gasteiger partial charge is 0.105 e. The van der Waals surface area contributed by atoms with Gasteiger partial charge in [0.15, 0.2) is 0 Å². The highest BCUT2D eigenvalue weighted by atomic mass is 35.5. The van der Waals surface area contributed by atoms with Crippen LogP contribution in [0.5, 0.6) is 0 Å². The summed E-state index contributed by atoms with van der Waals surface area (Å²) in [5.74, 6) is 0.962. The maximum absolute atomic E-state index is 6.46. The van der Waals surface area contributed by atoms with Gasteiger partial charge in [0.1, 0.15) is 5.60 Å². The van der Waals surface area contributed by atoms with Crippen molar-refractivity contribution in [3.05, 3.63) is 64.9 Å². The van der Waals surface area contributed by atoms with E-state index >= 15 is 0 Å². The highest BCUT2D eigenvalue weighted by molar-refractivity contribution is 6.30. The maximum Gasteiger partial charge on any atom is 0.105 e. The van der Waals surface area contributed by atoms with Gasteiger partial charge in [-0.05, 0) is 36.0 Å². The largest absolute Gasteiger partial charge is 0.370 e. The monoisotopic (exact) mass is 400 g/mol. The molecule has 0 saturated carbocycles. The van der Waals surface area contributed by atoms with E-state index in [0.29, 0.717) is 23.5 Å². The third-order valence-electron chi connectivity index (χ3n) is 6.01. The van der Waals surface area contributed by atoms with Crippen LogP contribution >= 0.6 is 11.6 Å². The third kappa shape index (κ3) is 4.41. The Morgan fingerprint density at radius 2 is 2.04 bits per heavy atom. The molecule has 2 aliphatic heterocycles. The molecule has 0 aliphatic carbocycles. The lowest BCUT2D eigenvalue weighted by Crippen LogP contribution is -2.58. The molecule has 28 heavy (non-hydrogen) atoms. The molecule has 0 bridgehead atoms. The van der Waals surface area contributed by atoms with Crippen LogP contribution in [0.2, 0.25) is 5.02 Å². The van der Waals surface area contributed by atoms with E-state index in [1.807, 2.05) is 12.1 Å². The number of hydrogen-bond donors (Lipinski definition) is 0. The van der Waals surface area contributed by atoms with E-state index < -0.39 is 0 Å². The molecule has 2 saturated heterocycles. The Morgan fingerprint density at radius 3 is 2.75 bits per heavy atom. The number of morpholine rings is 1. The summed E-state index contributed by atoms with van der Waals surface area (Å²) in [6.07, 6.45) is 2.88. The van der Waals surface area contributed by atoms with Crippen LogP contribution in [0.4, 0.5) is 0 Å². The molecule has 150 valence electrons. The molecule has 0 N–H and O–H groups in total. The molecule has 2 aromatic rings. The van der Waals surface area contributed by atoms with Crippen LogP contribution in [0.3, 0.4) is 0 Å². The van der Waals surface area contributed by atoms with E-state index in [9.17, 15) is 0 Å². The van der Waals surface area contributed by atoms with Crippen molar-refractivity contribution in [2.75, 3.05) is 26.3 Å². The normalized spacial score (nSPS) is 28.7. The average Bonchev–Trinajstić information content (AvgIpc) is 2.70. The van der Waals surface area contributed by atoms with Gasteiger partial charge in [-0.3, -0.25) is 9.88 Å². The second-order valence-corrected chi connectivity index (χ2v) is 8.90. The highest BCUT2D eigenvalue weighted by Crippen LogP contribution is 2.44. The molecule has 3 heterocycles. The zero-order valence-electron chi connectivity index (χ0n) is 16.7. The lowest BCUT2D eigenvalue weighted by atomic mass is 9.75. The summed E-state index contributed by atoms with van der Waals surface area (Å²) < 4.78 is 12.8. The van der Waals surface area contributed by atoms with Crippen molar-refractivity contribution in [1.29, 1.82) is 0 Å². The van der Waals surface area contributed by atoms with Gasteiger partial charge in [-0.25, -0.2) is 0 Å². The van der Waals surface area contributed by atoms with Crippen LogP contribution in [0.1, 0.15) is 37.6 Å². The first-order valence-electron chi connectivity index (χ1n) is 10.2. The number of hydrogen-bond acceptors (Lipinski definition) is 4. The first-order chi connectivity index (χ1) is 13.5. The number of halogens is 1. The first kappa shape index (κ1) is 19.8. The summed E-state index contributed by atoms with van der Waals surface area (Å²) in [4.78, 5) is 6.89. The zero-order chi connectivity index (χ0) is 19.6. The van der Waals surface area contributed by atoms with E-state index in [2.05, 4.69) is 54.1 Å². The standard InChI is InChI=1S/C23H29ClN2O2/c1-17(2)21-12-23(16-27-22(21)18-6-4-3-5-7-18)15-26(10-11-28-23)14-20-9-8-19(24)13-25-20/h3-9,13,17,21-22H,10-12,14-16H2,1-2H3/t21-,22-,23-/m0/s1. The van der Waals surface area contributed by atoms with Gasteiger partial charge >= 0.3 is 0 Å². The minimum Gasteiger partial charge on any atom is -0.370 e. The van der Waals surface area contributed by atoms with Crippen molar-refractivity contribution in [3.8, 4) is 0 Å². The molecule has 2 fully saturated rings. The SMILES string of the molecule is CC(C)[C@@H]1C[C@@]2(CO[C@H]1c1ccccc1)CN(Cc1ccc(Cl)cn1)CCO2. The number of rotatable bonds is 4. The lowest BCUT2D eigenvalue weighted by molar-refractivity contribution is -0.211. The molecule has 2 aliphatic rings. The summed E-state index contributed by atoms with van der Waals surface area (Å²) in [6, 6.07) is 14.5. The van der Waals surface area contributed by atoms with Gasteiger partial charge in [-0.1, -0.05) is 55.8 Å². The second kappa shape index (κ2) is 8.50. The molecule has 0 radical (unpaired) electrons. The molecule has 1 aromatic heterocycles. The molecule has 3 atom stereocenters.